The Balaban J connectivity index is 2.04. The highest BCUT2D eigenvalue weighted by molar-refractivity contribution is 7.90. The number of benzene rings is 1. The number of nitrogens with two attached hydrogens (primary N) is 1. The number of aliphatic hydroxyl groups is 1. The lowest BCUT2D eigenvalue weighted by molar-refractivity contribution is -0.124. The molecule has 0 heterocycles. The summed E-state index contributed by atoms with van der Waals surface area (Å²) >= 11 is 0. The van der Waals surface area contributed by atoms with Crippen molar-refractivity contribution in [2.45, 2.75) is 43.2 Å². The molecule has 1 amide bonds. The highest BCUT2D eigenvalue weighted by atomic mass is 32.2. The van der Waals surface area contributed by atoms with Crippen molar-refractivity contribution in [2.24, 2.45) is 11.7 Å². The first kappa shape index (κ1) is 15.9. The van der Waals surface area contributed by atoms with Crippen molar-refractivity contribution in [3.05, 3.63) is 29.8 Å². The lowest BCUT2D eigenvalue weighted by Crippen LogP contribution is -2.37. The maximum atomic E-state index is 12.1. The van der Waals surface area contributed by atoms with Gasteiger partial charge in [-0.3, -0.25) is 4.79 Å². The fraction of sp³-hybridized carbons (Fsp3) is 0.500. The van der Waals surface area contributed by atoms with Crippen molar-refractivity contribution in [2.75, 3.05) is 0 Å². The number of aliphatic hydroxyl groups excluding tert-OH is 1. The predicted octanol–water partition coefficient (Wildman–Crippen LogP) is 0.501. The van der Waals surface area contributed by atoms with E-state index in [-0.39, 0.29) is 16.9 Å². The van der Waals surface area contributed by atoms with E-state index in [4.69, 9.17) is 5.73 Å². The second-order valence-corrected chi connectivity index (χ2v) is 7.01. The molecule has 0 aromatic heterocycles. The normalized spacial score (nSPS) is 22.8. The van der Waals surface area contributed by atoms with Gasteiger partial charge in [0.2, 0.25) is 5.91 Å². The van der Waals surface area contributed by atoms with Gasteiger partial charge in [0, 0.05) is 12.5 Å². The van der Waals surface area contributed by atoms with E-state index < -0.39 is 15.9 Å². The predicted molar refractivity (Wildman–Crippen MR) is 77.6 cm³/mol. The molecule has 0 unspecified atom stereocenters. The average molecular weight is 312 g/mol. The van der Waals surface area contributed by atoms with E-state index in [0.717, 1.165) is 5.56 Å². The summed E-state index contributed by atoms with van der Waals surface area (Å²) in [7, 11) is -3.85. The molecule has 1 aliphatic rings. The summed E-state index contributed by atoms with van der Waals surface area (Å²) in [6, 6.07) is 6.11. The standard InChI is InChI=1S/C14H20N2O4S/c15-9-10-1-7-13(8-2-10)21(19,20)16-14(18)11-3-5-12(17)6-4-11/h1-2,7-8,11-12,17H,3-6,9,15H2,(H,16,18). The summed E-state index contributed by atoms with van der Waals surface area (Å²) in [5.74, 6) is -0.851. The molecule has 7 heteroatoms. The monoisotopic (exact) mass is 312 g/mol. The van der Waals surface area contributed by atoms with Gasteiger partial charge in [-0.2, -0.15) is 0 Å². The van der Waals surface area contributed by atoms with Gasteiger partial charge < -0.3 is 10.8 Å². The number of carbonyl (C=O) groups excluding carboxylic acids is 1. The van der Waals surface area contributed by atoms with Crippen LogP contribution in [0.5, 0.6) is 0 Å². The van der Waals surface area contributed by atoms with Crippen LogP contribution in [0.3, 0.4) is 0 Å². The molecule has 1 fully saturated rings. The summed E-state index contributed by atoms with van der Waals surface area (Å²) in [6.45, 7) is 0.330. The Kier molecular flexibility index (Phi) is 4.97. The van der Waals surface area contributed by atoms with Gasteiger partial charge in [0.25, 0.3) is 10.0 Å². The molecule has 0 atom stereocenters. The number of hydrogen-bond acceptors (Lipinski definition) is 5. The molecule has 116 valence electrons. The fourth-order valence-corrected chi connectivity index (χ4v) is 3.46. The zero-order valence-corrected chi connectivity index (χ0v) is 12.5. The summed E-state index contributed by atoms with van der Waals surface area (Å²) in [5.41, 5.74) is 6.28. The number of nitrogens with one attached hydrogen (secondary N) is 1. The zero-order valence-electron chi connectivity index (χ0n) is 11.7. The van der Waals surface area contributed by atoms with E-state index >= 15 is 0 Å². The molecule has 0 aliphatic heterocycles. The van der Waals surface area contributed by atoms with Gasteiger partial charge in [0.1, 0.15) is 0 Å². The third-order valence-corrected chi connectivity index (χ3v) is 5.13. The van der Waals surface area contributed by atoms with Crippen molar-refractivity contribution in [3.63, 3.8) is 0 Å². The number of carbonyl (C=O) groups is 1. The topological polar surface area (TPSA) is 109 Å². The lowest BCUT2D eigenvalue weighted by Gasteiger charge is -2.24. The summed E-state index contributed by atoms with van der Waals surface area (Å²) in [5, 5.41) is 9.41. The average Bonchev–Trinajstić information content (AvgIpc) is 2.47. The first-order valence-electron chi connectivity index (χ1n) is 6.96. The highest BCUT2D eigenvalue weighted by Crippen LogP contribution is 2.24. The maximum Gasteiger partial charge on any atom is 0.264 e. The third-order valence-electron chi connectivity index (χ3n) is 3.77. The number of hydrogen-bond donors (Lipinski definition) is 3. The van der Waals surface area contributed by atoms with Crippen LogP contribution in [-0.2, 0) is 21.4 Å². The minimum atomic E-state index is -3.85. The molecule has 1 aliphatic carbocycles. The van der Waals surface area contributed by atoms with Crippen molar-refractivity contribution in [1.29, 1.82) is 0 Å². The third kappa shape index (κ3) is 4.03. The first-order valence-corrected chi connectivity index (χ1v) is 8.44. The van der Waals surface area contributed by atoms with Crippen LogP contribution in [0.2, 0.25) is 0 Å². The van der Waals surface area contributed by atoms with Gasteiger partial charge in [0.05, 0.1) is 11.0 Å². The Hall–Kier alpha value is -1.44. The van der Waals surface area contributed by atoms with E-state index in [1.807, 2.05) is 0 Å². The molecular weight excluding hydrogens is 292 g/mol. The maximum absolute atomic E-state index is 12.1. The van der Waals surface area contributed by atoms with Gasteiger partial charge in [-0.05, 0) is 43.4 Å². The van der Waals surface area contributed by atoms with Crippen molar-refractivity contribution >= 4 is 15.9 Å². The molecule has 1 saturated carbocycles. The smallest absolute Gasteiger partial charge is 0.264 e. The largest absolute Gasteiger partial charge is 0.393 e. The molecule has 0 bridgehead atoms. The van der Waals surface area contributed by atoms with Gasteiger partial charge in [0.15, 0.2) is 0 Å². The Bertz CT molecular complexity index is 590. The van der Waals surface area contributed by atoms with Gasteiger partial charge in [-0.1, -0.05) is 12.1 Å². The van der Waals surface area contributed by atoms with Crippen LogP contribution >= 0.6 is 0 Å². The van der Waals surface area contributed by atoms with Crippen LogP contribution in [0, 0.1) is 5.92 Å². The molecule has 4 N–H and O–H groups in total. The number of sulfonamides is 1. The van der Waals surface area contributed by atoms with Crippen molar-refractivity contribution < 1.29 is 18.3 Å². The van der Waals surface area contributed by atoms with E-state index in [1.165, 1.54) is 12.1 Å². The summed E-state index contributed by atoms with van der Waals surface area (Å²) in [4.78, 5) is 12.1. The summed E-state index contributed by atoms with van der Waals surface area (Å²) in [6.07, 6.45) is 1.70. The molecule has 0 spiro atoms. The minimum Gasteiger partial charge on any atom is -0.393 e. The van der Waals surface area contributed by atoms with Crippen LogP contribution in [0.4, 0.5) is 0 Å². The quantitative estimate of drug-likeness (QED) is 0.750. The SMILES string of the molecule is NCc1ccc(S(=O)(=O)NC(=O)C2CCC(O)CC2)cc1. The van der Waals surface area contributed by atoms with E-state index in [2.05, 4.69) is 4.72 Å². The lowest BCUT2D eigenvalue weighted by atomic mass is 9.87. The molecule has 2 rings (SSSR count). The number of rotatable bonds is 4. The second-order valence-electron chi connectivity index (χ2n) is 5.32. The first-order chi connectivity index (χ1) is 9.92. The van der Waals surface area contributed by atoms with Gasteiger partial charge in [-0.25, -0.2) is 13.1 Å². The summed E-state index contributed by atoms with van der Waals surface area (Å²) < 4.78 is 26.4. The Morgan fingerprint density at radius 3 is 2.29 bits per heavy atom. The molecule has 6 nitrogen and oxygen atoms in total. The Morgan fingerprint density at radius 1 is 1.19 bits per heavy atom. The van der Waals surface area contributed by atoms with Crippen LogP contribution in [-0.4, -0.2) is 25.5 Å². The minimum absolute atomic E-state index is 0.0453. The highest BCUT2D eigenvalue weighted by Gasteiger charge is 2.28. The van der Waals surface area contributed by atoms with Crippen LogP contribution in [0.15, 0.2) is 29.2 Å². The van der Waals surface area contributed by atoms with Gasteiger partial charge >= 0.3 is 0 Å². The second kappa shape index (κ2) is 6.55. The van der Waals surface area contributed by atoms with Crippen LogP contribution < -0.4 is 10.5 Å². The fourth-order valence-electron chi connectivity index (χ4n) is 2.42. The molecule has 0 radical (unpaired) electrons. The zero-order chi connectivity index (χ0) is 15.5. The van der Waals surface area contributed by atoms with Gasteiger partial charge in [-0.15, -0.1) is 0 Å². The van der Waals surface area contributed by atoms with Crippen LogP contribution in [0.1, 0.15) is 31.2 Å². The van der Waals surface area contributed by atoms with E-state index in [0.29, 0.717) is 32.2 Å². The Labute approximate surface area is 124 Å². The number of amides is 1. The van der Waals surface area contributed by atoms with Crippen molar-refractivity contribution in [1.82, 2.24) is 4.72 Å². The van der Waals surface area contributed by atoms with Crippen molar-refractivity contribution in [3.8, 4) is 0 Å². The van der Waals surface area contributed by atoms with E-state index in [9.17, 15) is 18.3 Å². The molecule has 0 saturated heterocycles. The molecule has 21 heavy (non-hydrogen) atoms. The molecular formula is C14H20N2O4S. The Morgan fingerprint density at radius 2 is 1.76 bits per heavy atom. The molecule has 1 aromatic rings. The van der Waals surface area contributed by atoms with Crippen LogP contribution in [0.25, 0.3) is 0 Å². The van der Waals surface area contributed by atoms with E-state index in [1.54, 1.807) is 12.1 Å². The molecule has 1 aromatic carbocycles.